The normalized spacial score (nSPS) is 15.3. The zero-order valence-corrected chi connectivity index (χ0v) is 21.1. The van der Waals surface area contributed by atoms with E-state index >= 15 is 0 Å². The maximum Gasteiger partial charge on any atom is 0.203 e. The highest BCUT2D eigenvalue weighted by Gasteiger charge is 2.24. The lowest BCUT2D eigenvalue weighted by molar-refractivity contribution is 0.115. The molecule has 0 saturated carbocycles. The molecular formula is C27H31N5O4. The van der Waals surface area contributed by atoms with E-state index in [-0.39, 0.29) is 6.10 Å². The van der Waals surface area contributed by atoms with Gasteiger partial charge in [-0.2, -0.15) is 5.10 Å². The fourth-order valence-electron chi connectivity index (χ4n) is 4.77. The van der Waals surface area contributed by atoms with Gasteiger partial charge in [-0.3, -0.25) is 0 Å². The van der Waals surface area contributed by atoms with Gasteiger partial charge in [0.15, 0.2) is 17.1 Å². The number of aromatic nitrogens is 4. The lowest BCUT2D eigenvalue weighted by atomic mass is 10.1. The first-order valence-electron chi connectivity index (χ1n) is 12.0. The predicted molar refractivity (Wildman–Crippen MR) is 138 cm³/mol. The van der Waals surface area contributed by atoms with Gasteiger partial charge in [0.2, 0.25) is 5.75 Å². The number of benzene rings is 2. The van der Waals surface area contributed by atoms with Crippen LogP contribution < -0.4 is 19.1 Å². The summed E-state index contributed by atoms with van der Waals surface area (Å²) in [6, 6.07) is 12.1. The van der Waals surface area contributed by atoms with Gasteiger partial charge in [0.1, 0.15) is 12.1 Å². The summed E-state index contributed by atoms with van der Waals surface area (Å²) in [6.45, 7) is 4.11. The van der Waals surface area contributed by atoms with Gasteiger partial charge >= 0.3 is 0 Å². The van der Waals surface area contributed by atoms with E-state index in [1.54, 1.807) is 27.7 Å². The summed E-state index contributed by atoms with van der Waals surface area (Å²) >= 11 is 0. The van der Waals surface area contributed by atoms with Crippen molar-refractivity contribution in [2.24, 2.45) is 0 Å². The van der Waals surface area contributed by atoms with Crippen LogP contribution in [0.1, 0.15) is 24.0 Å². The summed E-state index contributed by atoms with van der Waals surface area (Å²) in [5.41, 5.74) is 3.88. The molecule has 0 spiro atoms. The maximum absolute atomic E-state index is 6.00. The Hall–Kier alpha value is -3.85. The van der Waals surface area contributed by atoms with Crippen LogP contribution in [0.25, 0.3) is 16.7 Å². The van der Waals surface area contributed by atoms with Crippen molar-refractivity contribution < 1.29 is 18.9 Å². The smallest absolute Gasteiger partial charge is 0.203 e. The second-order valence-electron chi connectivity index (χ2n) is 8.83. The Bertz CT molecular complexity index is 1320. The molecule has 3 heterocycles. The minimum Gasteiger partial charge on any atom is -0.493 e. The fourth-order valence-corrected chi connectivity index (χ4v) is 4.77. The van der Waals surface area contributed by atoms with Crippen LogP contribution in [-0.2, 0) is 11.3 Å². The molecule has 2 aromatic heterocycles. The highest BCUT2D eigenvalue weighted by Crippen LogP contribution is 2.39. The van der Waals surface area contributed by atoms with Crippen molar-refractivity contribution in [1.29, 1.82) is 0 Å². The number of hydrogen-bond donors (Lipinski definition) is 0. The van der Waals surface area contributed by atoms with Crippen LogP contribution in [0.5, 0.6) is 17.2 Å². The molecule has 0 amide bonds. The lowest BCUT2D eigenvalue weighted by Crippen LogP contribution is -2.32. The molecule has 1 atom stereocenters. The van der Waals surface area contributed by atoms with Crippen LogP contribution in [0.3, 0.4) is 0 Å². The van der Waals surface area contributed by atoms with Crippen molar-refractivity contribution in [1.82, 2.24) is 19.7 Å². The average Bonchev–Trinajstić information content (AvgIpc) is 3.58. The first kappa shape index (κ1) is 23.9. The topological polar surface area (TPSA) is 83.8 Å². The number of anilines is 1. The monoisotopic (exact) mass is 489 g/mol. The van der Waals surface area contributed by atoms with Gasteiger partial charge < -0.3 is 23.8 Å². The Kier molecular flexibility index (Phi) is 6.90. The van der Waals surface area contributed by atoms with Gasteiger partial charge in [0.25, 0.3) is 0 Å². The van der Waals surface area contributed by atoms with Gasteiger partial charge in [-0.15, -0.1) is 0 Å². The number of hydrogen-bond acceptors (Lipinski definition) is 8. The molecule has 36 heavy (non-hydrogen) atoms. The third-order valence-electron chi connectivity index (χ3n) is 6.53. The molecule has 188 valence electrons. The summed E-state index contributed by atoms with van der Waals surface area (Å²) in [7, 11) is 4.85. The Morgan fingerprint density at radius 3 is 2.50 bits per heavy atom. The Labute approximate surface area is 210 Å². The third-order valence-corrected chi connectivity index (χ3v) is 6.53. The fraction of sp³-hybridized carbons (Fsp3) is 0.370. The summed E-state index contributed by atoms with van der Waals surface area (Å²) in [5.74, 6) is 2.61. The predicted octanol–water partition coefficient (Wildman–Crippen LogP) is 4.34. The second-order valence-corrected chi connectivity index (χ2v) is 8.83. The van der Waals surface area contributed by atoms with Gasteiger partial charge in [-0.05, 0) is 49.1 Å². The van der Waals surface area contributed by atoms with Crippen LogP contribution in [0, 0.1) is 6.92 Å². The summed E-state index contributed by atoms with van der Waals surface area (Å²) in [4.78, 5) is 11.5. The summed E-state index contributed by atoms with van der Waals surface area (Å²) in [6.07, 6.45) is 5.65. The van der Waals surface area contributed by atoms with Gasteiger partial charge in [-0.25, -0.2) is 14.6 Å². The molecule has 1 aliphatic heterocycles. The first-order chi connectivity index (χ1) is 17.6. The Morgan fingerprint density at radius 2 is 1.83 bits per heavy atom. The maximum atomic E-state index is 6.00. The van der Waals surface area contributed by atoms with Gasteiger partial charge in [-0.1, -0.05) is 18.2 Å². The first-order valence-corrected chi connectivity index (χ1v) is 12.0. The molecule has 1 aliphatic rings. The molecule has 1 saturated heterocycles. The Morgan fingerprint density at radius 1 is 1.06 bits per heavy atom. The van der Waals surface area contributed by atoms with E-state index in [0.717, 1.165) is 53.1 Å². The zero-order valence-electron chi connectivity index (χ0n) is 21.1. The van der Waals surface area contributed by atoms with Crippen molar-refractivity contribution in [3.05, 3.63) is 60.0 Å². The van der Waals surface area contributed by atoms with Gasteiger partial charge in [0.05, 0.1) is 44.7 Å². The number of ether oxygens (including phenoxy) is 4. The highest BCUT2D eigenvalue weighted by molar-refractivity contribution is 5.87. The number of nitrogens with zero attached hydrogens (tertiary/aromatic N) is 5. The van der Waals surface area contributed by atoms with Crippen LogP contribution >= 0.6 is 0 Å². The SMILES string of the molecule is COc1cc(CN(C[C@@H]2CCCO2)c2ncnc3c2cnn3-c2ccccc2C)cc(OC)c1OC. The third kappa shape index (κ3) is 4.54. The average molecular weight is 490 g/mol. The summed E-state index contributed by atoms with van der Waals surface area (Å²) in [5, 5.41) is 5.57. The highest BCUT2D eigenvalue weighted by atomic mass is 16.5. The lowest BCUT2D eigenvalue weighted by Gasteiger charge is -2.27. The second kappa shape index (κ2) is 10.4. The summed E-state index contributed by atoms with van der Waals surface area (Å²) < 4.78 is 24.6. The van der Waals surface area contributed by atoms with E-state index in [1.165, 1.54) is 0 Å². The number of rotatable bonds is 9. The molecule has 9 heteroatoms. The molecule has 0 radical (unpaired) electrons. The van der Waals surface area contributed by atoms with E-state index in [4.69, 9.17) is 23.9 Å². The van der Waals surface area contributed by atoms with E-state index in [2.05, 4.69) is 28.0 Å². The van der Waals surface area contributed by atoms with Crippen molar-refractivity contribution in [3.8, 4) is 22.9 Å². The minimum atomic E-state index is 0.128. The van der Waals surface area contributed by atoms with Crippen LogP contribution in [0.4, 0.5) is 5.82 Å². The van der Waals surface area contributed by atoms with Crippen molar-refractivity contribution in [3.63, 3.8) is 0 Å². The van der Waals surface area contributed by atoms with E-state index in [1.807, 2.05) is 41.2 Å². The molecule has 0 unspecified atom stereocenters. The van der Waals surface area contributed by atoms with Crippen molar-refractivity contribution >= 4 is 16.9 Å². The van der Waals surface area contributed by atoms with Crippen LogP contribution in [0.2, 0.25) is 0 Å². The van der Waals surface area contributed by atoms with Crippen LogP contribution in [0.15, 0.2) is 48.9 Å². The standard InChI is InChI=1S/C27H31N5O4/c1-18-8-5-6-10-22(18)32-27-21(14-30-32)26(28-17-29-27)31(16-20-9-7-11-36-20)15-19-12-23(33-2)25(35-4)24(13-19)34-3/h5-6,8,10,12-14,17,20H,7,9,11,15-16H2,1-4H3/t20-/m0/s1. The van der Waals surface area contributed by atoms with Crippen molar-refractivity contribution in [2.75, 3.05) is 39.4 Å². The number of aryl methyl sites for hydroxylation is 1. The quantitative estimate of drug-likeness (QED) is 0.343. The molecule has 1 fully saturated rings. The molecular weight excluding hydrogens is 458 g/mol. The molecule has 0 aliphatic carbocycles. The zero-order chi connectivity index (χ0) is 25.1. The molecule has 5 rings (SSSR count). The molecule has 2 aromatic carbocycles. The molecule has 9 nitrogen and oxygen atoms in total. The molecule has 0 N–H and O–H groups in total. The van der Waals surface area contributed by atoms with Crippen LogP contribution in [-0.4, -0.2) is 60.3 Å². The van der Waals surface area contributed by atoms with E-state index in [0.29, 0.717) is 30.3 Å². The van der Waals surface area contributed by atoms with E-state index < -0.39 is 0 Å². The van der Waals surface area contributed by atoms with E-state index in [9.17, 15) is 0 Å². The number of methoxy groups -OCH3 is 3. The van der Waals surface area contributed by atoms with Crippen molar-refractivity contribution in [2.45, 2.75) is 32.4 Å². The number of para-hydroxylation sites is 1. The minimum absolute atomic E-state index is 0.128. The molecule has 0 bridgehead atoms. The number of fused-ring (bicyclic) bond motifs is 1. The molecule has 4 aromatic rings. The Balaban J connectivity index is 1.57. The largest absolute Gasteiger partial charge is 0.493 e. The van der Waals surface area contributed by atoms with Gasteiger partial charge in [0, 0.05) is 19.7 Å².